The van der Waals surface area contributed by atoms with Crippen molar-refractivity contribution in [1.82, 2.24) is 0 Å². The van der Waals surface area contributed by atoms with Gasteiger partial charge in [-0.3, -0.25) is 0 Å². The fourth-order valence-electron chi connectivity index (χ4n) is 1.24. The van der Waals surface area contributed by atoms with E-state index in [0.717, 1.165) is 12.8 Å². The van der Waals surface area contributed by atoms with Crippen LogP contribution in [0.25, 0.3) is 0 Å². The molecule has 1 aromatic rings. The molecule has 1 unspecified atom stereocenters. The van der Waals surface area contributed by atoms with Crippen LogP contribution in [0.5, 0.6) is 5.75 Å². The number of hydrogen-bond donors (Lipinski definition) is 1. The number of unbranched alkanes of at least 4 members (excludes halogenated alkanes) is 1. The molecular formula is C13H18O4. The summed E-state index contributed by atoms with van der Waals surface area (Å²) in [6.07, 6.45) is 1.43. The molecule has 4 nitrogen and oxygen atoms in total. The quantitative estimate of drug-likeness (QED) is 0.470. The molecule has 1 N–H and O–H groups in total. The van der Waals surface area contributed by atoms with Gasteiger partial charge in [-0.2, -0.15) is 0 Å². The summed E-state index contributed by atoms with van der Waals surface area (Å²) in [5.74, 6) is -0.331. The topological polar surface area (TPSA) is 55.8 Å². The lowest BCUT2D eigenvalue weighted by atomic mass is 10.2. The van der Waals surface area contributed by atoms with Crippen molar-refractivity contribution in [3.8, 4) is 5.75 Å². The molecule has 94 valence electrons. The smallest absolute Gasteiger partial charge is 0.340 e. The molecule has 1 atom stereocenters. The van der Waals surface area contributed by atoms with Crippen LogP contribution in [0.3, 0.4) is 0 Å². The number of ether oxygens (including phenoxy) is 2. The Bertz CT molecular complexity index is 345. The summed E-state index contributed by atoms with van der Waals surface area (Å²) in [5, 5.41) is 9.09. The first-order chi connectivity index (χ1) is 8.13. The van der Waals surface area contributed by atoms with Crippen LogP contribution in [0.2, 0.25) is 0 Å². The maximum atomic E-state index is 11.6. The maximum Gasteiger partial charge on any atom is 0.340 e. The number of rotatable bonds is 6. The molecule has 1 rings (SSSR count). The molecule has 17 heavy (non-hydrogen) atoms. The predicted octanol–water partition coefficient (Wildman–Crippen LogP) is 2.71. The number of esters is 1. The average molecular weight is 238 g/mol. The molecule has 0 aliphatic heterocycles. The molecule has 4 heteroatoms. The normalized spacial score (nSPS) is 12.1. The number of hydrogen-bond acceptors (Lipinski definition) is 4. The molecule has 0 heterocycles. The molecule has 0 aliphatic rings. The van der Waals surface area contributed by atoms with E-state index in [4.69, 9.17) is 14.6 Å². The molecule has 0 amide bonds. The lowest BCUT2D eigenvalue weighted by Crippen LogP contribution is -2.18. The molecule has 0 radical (unpaired) electrons. The summed E-state index contributed by atoms with van der Waals surface area (Å²) in [7, 11) is 0. The first-order valence-corrected chi connectivity index (χ1v) is 5.75. The minimum atomic E-state index is -0.553. The summed E-state index contributed by atoms with van der Waals surface area (Å²) < 4.78 is 10.4. The van der Waals surface area contributed by atoms with Crippen LogP contribution < -0.4 is 0 Å². The van der Waals surface area contributed by atoms with Gasteiger partial charge in [-0.1, -0.05) is 13.3 Å². The molecular weight excluding hydrogens is 220 g/mol. The summed E-state index contributed by atoms with van der Waals surface area (Å²) in [6.45, 7) is 4.34. The Kier molecular flexibility index (Phi) is 5.49. The highest BCUT2D eigenvalue weighted by Gasteiger charge is 2.11. The van der Waals surface area contributed by atoms with E-state index in [1.165, 1.54) is 24.3 Å². The van der Waals surface area contributed by atoms with Crippen molar-refractivity contribution >= 4 is 5.97 Å². The number of aromatic hydroxyl groups is 1. The average Bonchev–Trinajstić information content (AvgIpc) is 2.30. The Morgan fingerprint density at radius 1 is 1.35 bits per heavy atom. The van der Waals surface area contributed by atoms with Gasteiger partial charge in [0.1, 0.15) is 5.75 Å². The van der Waals surface area contributed by atoms with Crippen LogP contribution in [0, 0.1) is 0 Å². The summed E-state index contributed by atoms with van der Waals surface area (Å²) in [5.41, 5.74) is 0.397. The predicted molar refractivity (Wildman–Crippen MR) is 63.8 cm³/mol. The molecule has 0 fully saturated rings. The fraction of sp³-hybridized carbons (Fsp3) is 0.462. The van der Waals surface area contributed by atoms with Crippen LogP contribution in [-0.4, -0.2) is 24.0 Å². The van der Waals surface area contributed by atoms with Gasteiger partial charge in [-0.05, 0) is 37.6 Å². The van der Waals surface area contributed by atoms with Crippen LogP contribution in [0.4, 0.5) is 0 Å². The highest BCUT2D eigenvalue weighted by Crippen LogP contribution is 2.11. The Balaban J connectivity index is 2.40. The minimum absolute atomic E-state index is 0.119. The van der Waals surface area contributed by atoms with Crippen molar-refractivity contribution in [2.45, 2.75) is 33.0 Å². The fourth-order valence-corrected chi connectivity index (χ4v) is 1.24. The summed E-state index contributed by atoms with van der Waals surface area (Å²) >= 11 is 0. The van der Waals surface area contributed by atoms with Crippen molar-refractivity contribution in [2.75, 3.05) is 6.61 Å². The summed E-state index contributed by atoms with van der Waals surface area (Å²) in [6, 6.07) is 5.91. The molecule has 0 aliphatic carbocycles. The van der Waals surface area contributed by atoms with E-state index in [1.54, 1.807) is 6.92 Å². The van der Waals surface area contributed by atoms with Crippen LogP contribution in [-0.2, 0) is 9.47 Å². The maximum absolute atomic E-state index is 11.6. The van der Waals surface area contributed by atoms with E-state index in [1.807, 2.05) is 0 Å². The van der Waals surface area contributed by atoms with E-state index in [9.17, 15) is 4.79 Å². The van der Waals surface area contributed by atoms with E-state index < -0.39 is 12.3 Å². The van der Waals surface area contributed by atoms with E-state index >= 15 is 0 Å². The molecule has 0 saturated carbocycles. The third-order valence-corrected chi connectivity index (χ3v) is 2.23. The SMILES string of the molecule is CCCCOC(C)OC(=O)c1ccc(O)cc1. The second kappa shape index (κ2) is 6.91. The molecule has 0 aromatic heterocycles. The van der Waals surface area contributed by atoms with Crippen molar-refractivity contribution in [3.05, 3.63) is 29.8 Å². The first-order valence-electron chi connectivity index (χ1n) is 5.75. The van der Waals surface area contributed by atoms with E-state index in [0.29, 0.717) is 12.2 Å². The summed E-state index contributed by atoms with van der Waals surface area (Å²) in [4.78, 5) is 11.6. The van der Waals surface area contributed by atoms with Crippen molar-refractivity contribution in [2.24, 2.45) is 0 Å². The first kappa shape index (κ1) is 13.5. The van der Waals surface area contributed by atoms with Gasteiger partial charge in [0.15, 0.2) is 6.29 Å². The zero-order valence-electron chi connectivity index (χ0n) is 10.2. The zero-order chi connectivity index (χ0) is 12.7. The largest absolute Gasteiger partial charge is 0.508 e. The number of phenols is 1. The third kappa shape index (κ3) is 4.87. The van der Waals surface area contributed by atoms with Crippen molar-refractivity contribution in [3.63, 3.8) is 0 Å². The van der Waals surface area contributed by atoms with Crippen molar-refractivity contribution in [1.29, 1.82) is 0 Å². The van der Waals surface area contributed by atoms with Gasteiger partial charge >= 0.3 is 5.97 Å². The highest BCUT2D eigenvalue weighted by atomic mass is 16.7. The van der Waals surface area contributed by atoms with Crippen LogP contribution >= 0.6 is 0 Å². The van der Waals surface area contributed by atoms with Gasteiger partial charge in [-0.15, -0.1) is 0 Å². The van der Waals surface area contributed by atoms with Gasteiger partial charge in [-0.25, -0.2) is 4.79 Å². The Hall–Kier alpha value is -1.55. The number of benzene rings is 1. The second-order valence-electron chi connectivity index (χ2n) is 3.74. The minimum Gasteiger partial charge on any atom is -0.508 e. The highest BCUT2D eigenvalue weighted by molar-refractivity contribution is 5.89. The van der Waals surface area contributed by atoms with Crippen LogP contribution in [0.1, 0.15) is 37.0 Å². The van der Waals surface area contributed by atoms with Gasteiger partial charge in [0, 0.05) is 0 Å². The van der Waals surface area contributed by atoms with Crippen LogP contribution in [0.15, 0.2) is 24.3 Å². The molecule has 1 aromatic carbocycles. The standard InChI is InChI=1S/C13H18O4/c1-3-4-9-16-10(2)17-13(15)11-5-7-12(14)8-6-11/h5-8,10,14H,3-4,9H2,1-2H3. The van der Waals surface area contributed by atoms with E-state index in [2.05, 4.69) is 6.92 Å². The second-order valence-corrected chi connectivity index (χ2v) is 3.74. The molecule has 0 saturated heterocycles. The Morgan fingerprint density at radius 2 is 2.00 bits per heavy atom. The number of carbonyl (C=O) groups excluding carboxylic acids is 1. The number of carbonyl (C=O) groups is 1. The zero-order valence-corrected chi connectivity index (χ0v) is 10.2. The number of phenolic OH excluding ortho intramolecular Hbond substituents is 1. The van der Waals surface area contributed by atoms with Gasteiger partial charge < -0.3 is 14.6 Å². The van der Waals surface area contributed by atoms with Gasteiger partial charge in [0.05, 0.1) is 12.2 Å². The van der Waals surface area contributed by atoms with Crippen molar-refractivity contribution < 1.29 is 19.4 Å². The van der Waals surface area contributed by atoms with E-state index in [-0.39, 0.29) is 5.75 Å². The third-order valence-electron chi connectivity index (χ3n) is 2.23. The molecule has 0 bridgehead atoms. The lowest BCUT2D eigenvalue weighted by molar-refractivity contribution is -0.0985. The molecule has 0 spiro atoms. The lowest BCUT2D eigenvalue weighted by Gasteiger charge is -2.13. The Morgan fingerprint density at radius 3 is 2.59 bits per heavy atom. The Labute approximate surface area is 101 Å². The monoisotopic (exact) mass is 238 g/mol. The van der Waals surface area contributed by atoms with Gasteiger partial charge in [0.2, 0.25) is 0 Å². The van der Waals surface area contributed by atoms with Gasteiger partial charge in [0.25, 0.3) is 0 Å².